The van der Waals surface area contributed by atoms with Crippen LogP contribution in [0.5, 0.6) is 0 Å². The van der Waals surface area contributed by atoms with Crippen molar-refractivity contribution in [2.75, 3.05) is 17.2 Å². The molecule has 7 heteroatoms. The van der Waals surface area contributed by atoms with Gasteiger partial charge in [0.1, 0.15) is 5.82 Å². The van der Waals surface area contributed by atoms with Gasteiger partial charge >= 0.3 is 5.69 Å². The predicted octanol–water partition coefficient (Wildman–Crippen LogP) is 2.02. The van der Waals surface area contributed by atoms with Crippen LogP contribution in [-0.2, 0) is 11.3 Å². The van der Waals surface area contributed by atoms with Crippen molar-refractivity contribution in [1.29, 1.82) is 0 Å². The number of nitrogens with two attached hydrogens (primary N) is 1. The molecule has 2 rings (SSSR count). The van der Waals surface area contributed by atoms with E-state index in [9.17, 15) is 14.4 Å². The summed E-state index contributed by atoms with van der Waals surface area (Å²) in [6, 6.07) is 0. The van der Waals surface area contributed by atoms with Gasteiger partial charge in [-0.3, -0.25) is 19.1 Å². The average Bonchev–Trinajstić information content (AvgIpc) is 3.07. The minimum atomic E-state index is -0.596. The number of H-pyrrole nitrogens is 1. The number of rotatable bonds is 8. The van der Waals surface area contributed by atoms with Crippen LogP contribution < -0.4 is 21.9 Å². The molecule has 138 valence electrons. The standard InChI is InChI=1S/C18H28N4O3/c1-3-5-11-21(14(23)12-13-8-6-7-9-13)15-16(19)22(10-4-2)18(25)20-17(15)24/h6,8,13H,3-5,7,9-12,19H2,1-2H3,(H,20,24,25)/t13-/m0/s1. The number of nitrogen functional groups attached to an aromatic ring is 1. The third-order valence-electron chi connectivity index (χ3n) is 4.52. The molecular formula is C18H28N4O3. The van der Waals surface area contributed by atoms with Crippen LogP contribution in [0.1, 0.15) is 52.4 Å². The topological polar surface area (TPSA) is 101 Å². The maximum Gasteiger partial charge on any atom is 0.330 e. The fourth-order valence-electron chi connectivity index (χ4n) is 3.16. The molecule has 1 heterocycles. The van der Waals surface area contributed by atoms with E-state index in [-0.39, 0.29) is 23.3 Å². The molecule has 25 heavy (non-hydrogen) atoms. The van der Waals surface area contributed by atoms with E-state index in [4.69, 9.17) is 5.73 Å². The number of hydrogen-bond donors (Lipinski definition) is 2. The van der Waals surface area contributed by atoms with E-state index >= 15 is 0 Å². The van der Waals surface area contributed by atoms with E-state index in [2.05, 4.69) is 17.1 Å². The Morgan fingerprint density at radius 1 is 1.36 bits per heavy atom. The Balaban J connectivity index is 2.41. The van der Waals surface area contributed by atoms with Crippen molar-refractivity contribution in [3.8, 4) is 0 Å². The number of allylic oxidation sites excluding steroid dienone is 2. The van der Waals surface area contributed by atoms with Gasteiger partial charge < -0.3 is 10.6 Å². The van der Waals surface area contributed by atoms with E-state index in [0.29, 0.717) is 25.9 Å². The van der Waals surface area contributed by atoms with Crippen LogP contribution in [0.15, 0.2) is 21.7 Å². The fraction of sp³-hybridized carbons (Fsp3) is 0.611. The summed E-state index contributed by atoms with van der Waals surface area (Å²) in [4.78, 5) is 41.0. The zero-order chi connectivity index (χ0) is 18.4. The molecule has 0 spiro atoms. The highest BCUT2D eigenvalue weighted by Gasteiger charge is 2.25. The van der Waals surface area contributed by atoms with E-state index < -0.39 is 11.2 Å². The van der Waals surface area contributed by atoms with Gasteiger partial charge in [-0.25, -0.2) is 4.79 Å². The highest BCUT2D eigenvalue weighted by Crippen LogP contribution is 2.24. The summed E-state index contributed by atoms with van der Waals surface area (Å²) in [7, 11) is 0. The van der Waals surface area contributed by atoms with Crippen molar-refractivity contribution in [3.05, 3.63) is 33.0 Å². The summed E-state index contributed by atoms with van der Waals surface area (Å²) in [6.07, 6.45) is 8.78. The Morgan fingerprint density at radius 2 is 2.12 bits per heavy atom. The van der Waals surface area contributed by atoms with Crippen molar-refractivity contribution in [1.82, 2.24) is 9.55 Å². The molecule has 0 unspecified atom stereocenters. The summed E-state index contributed by atoms with van der Waals surface area (Å²) in [5.41, 5.74) is 5.10. The van der Waals surface area contributed by atoms with Gasteiger partial charge in [-0.1, -0.05) is 32.4 Å². The van der Waals surface area contributed by atoms with Crippen LogP contribution in [0.25, 0.3) is 0 Å². The molecule has 1 amide bonds. The number of amides is 1. The Kier molecular flexibility index (Phi) is 6.61. The molecule has 0 fully saturated rings. The monoisotopic (exact) mass is 348 g/mol. The zero-order valence-electron chi connectivity index (χ0n) is 15.1. The molecule has 0 radical (unpaired) electrons. The lowest BCUT2D eigenvalue weighted by atomic mass is 10.0. The van der Waals surface area contributed by atoms with Crippen molar-refractivity contribution < 1.29 is 4.79 Å². The Bertz CT molecular complexity index is 748. The number of nitrogens with one attached hydrogen (secondary N) is 1. The maximum absolute atomic E-state index is 12.9. The molecule has 1 aliphatic carbocycles. The summed E-state index contributed by atoms with van der Waals surface area (Å²) in [5.74, 6) is 0.157. The summed E-state index contributed by atoms with van der Waals surface area (Å²) in [5, 5.41) is 0. The lowest BCUT2D eigenvalue weighted by Crippen LogP contribution is -2.42. The van der Waals surface area contributed by atoms with Crippen molar-refractivity contribution >= 4 is 17.4 Å². The maximum atomic E-state index is 12.9. The summed E-state index contributed by atoms with van der Waals surface area (Å²) in [6.45, 7) is 4.76. The first-order chi connectivity index (χ1) is 12.0. The quantitative estimate of drug-likeness (QED) is 0.702. The smallest absolute Gasteiger partial charge is 0.330 e. The van der Waals surface area contributed by atoms with Crippen molar-refractivity contribution in [2.24, 2.45) is 5.92 Å². The molecule has 7 nitrogen and oxygen atoms in total. The lowest BCUT2D eigenvalue weighted by molar-refractivity contribution is -0.119. The first-order valence-corrected chi connectivity index (χ1v) is 9.09. The normalized spacial score (nSPS) is 16.3. The van der Waals surface area contributed by atoms with Crippen molar-refractivity contribution in [2.45, 2.75) is 58.9 Å². The highest BCUT2D eigenvalue weighted by molar-refractivity contribution is 5.95. The van der Waals surface area contributed by atoms with Crippen LogP contribution in [0.2, 0.25) is 0 Å². The molecule has 1 aromatic heterocycles. The number of unbranched alkanes of at least 4 members (excludes halogenated alkanes) is 1. The summed E-state index contributed by atoms with van der Waals surface area (Å²) < 4.78 is 1.33. The fourth-order valence-corrected chi connectivity index (χ4v) is 3.16. The van der Waals surface area contributed by atoms with Crippen LogP contribution in [0, 0.1) is 5.92 Å². The second-order valence-electron chi connectivity index (χ2n) is 6.51. The van der Waals surface area contributed by atoms with Gasteiger partial charge in [0, 0.05) is 19.5 Å². The second kappa shape index (κ2) is 8.69. The Hall–Kier alpha value is -2.31. The highest BCUT2D eigenvalue weighted by atomic mass is 16.2. The SMILES string of the molecule is CCCCN(C(=O)C[C@H]1C=CCC1)c1c(N)n(CCC)c(=O)[nH]c1=O. The first kappa shape index (κ1) is 19.0. The molecule has 1 aliphatic rings. The molecule has 0 saturated carbocycles. The van der Waals surface area contributed by atoms with Crippen LogP contribution >= 0.6 is 0 Å². The van der Waals surface area contributed by atoms with Gasteiger partial charge in [-0.15, -0.1) is 0 Å². The van der Waals surface area contributed by atoms with Gasteiger partial charge in [-0.05, 0) is 31.6 Å². The zero-order valence-corrected chi connectivity index (χ0v) is 15.1. The number of aromatic nitrogens is 2. The van der Waals surface area contributed by atoms with E-state index in [1.807, 2.05) is 13.8 Å². The number of anilines is 2. The lowest BCUT2D eigenvalue weighted by Gasteiger charge is -2.25. The van der Waals surface area contributed by atoms with Gasteiger partial charge in [0.05, 0.1) is 0 Å². The van der Waals surface area contributed by atoms with Gasteiger partial charge in [0.2, 0.25) is 5.91 Å². The van der Waals surface area contributed by atoms with Crippen molar-refractivity contribution in [3.63, 3.8) is 0 Å². The molecule has 0 aliphatic heterocycles. The molecule has 0 saturated heterocycles. The average molecular weight is 348 g/mol. The molecule has 1 atom stereocenters. The number of nitrogens with zero attached hydrogens (tertiary/aromatic N) is 2. The van der Waals surface area contributed by atoms with Crippen LogP contribution in [0.3, 0.4) is 0 Å². The molecule has 1 aromatic rings. The van der Waals surface area contributed by atoms with Gasteiger partial charge in [-0.2, -0.15) is 0 Å². The third kappa shape index (κ3) is 4.41. The Labute approximate surface area is 147 Å². The summed E-state index contributed by atoms with van der Waals surface area (Å²) >= 11 is 0. The third-order valence-corrected chi connectivity index (χ3v) is 4.52. The number of carbonyl (C=O) groups is 1. The number of hydrogen-bond acceptors (Lipinski definition) is 4. The van der Waals surface area contributed by atoms with Gasteiger partial charge in [0.25, 0.3) is 5.56 Å². The number of carbonyl (C=O) groups excluding carboxylic acids is 1. The predicted molar refractivity (Wildman–Crippen MR) is 99.8 cm³/mol. The van der Waals surface area contributed by atoms with E-state index in [0.717, 1.165) is 25.7 Å². The number of aromatic amines is 1. The Morgan fingerprint density at radius 3 is 2.72 bits per heavy atom. The van der Waals surface area contributed by atoms with Gasteiger partial charge in [0.15, 0.2) is 5.69 Å². The molecule has 0 aromatic carbocycles. The molecule has 0 bridgehead atoms. The minimum Gasteiger partial charge on any atom is -0.383 e. The largest absolute Gasteiger partial charge is 0.383 e. The molecular weight excluding hydrogens is 320 g/mol. The van der Waals surface area contributed by atoms with E-state index in [1.165, 1.54) is 9.47 Å². The minimum absolute atomic E-state index is 0.0713. The van der Waals surface area contributed by atoms with E-state index in [1.54, 1.807) is 0 Å². The van der Waals surface area contributed by atoms with Crippen LogP contribution in [-0.4, -0.2) is 22.0 Å². The second-order valence-corrected chi connectivity index (χ2v) is 6.51. The first-order valence-electron chi connectivity index (χ1n) is 9.09. The molecule has 3 N–H and O–H groups in total. The van der Waals surface area contributed by atoms with Crippen LogP contribution in [0.4, 0.5) is 11.5 Å².